The van der Waals surface area contributed by atoms with Crippen molar-refractivity contribution in [3.05, 3.63) is 30.1 Å². The number of carbonyl (C=O) groups excluding carboxylic acids is 2. The van der Waals surface area contributed by atoms with Crippen LogP contribution in [0, 0.1) is 0 Å². The minimum Gasteiger partial charge on any atom is -0.297 e. The van der Waals surface area contributed by atoms with Crippen molar-refractivity contribution in [2.75, 3.05) is 0 Å². The van der Waals surface area contributed by atoms with Gasteiger partial charge in [-0.25, -0.2) is 0 Å². The number of nitrogens with one attached hydrogen (secondary N) is 2. The van der Waals surface area contributed by atoms with Gasteiger partial charge in [-0.05, 0) is 19.1 Å². The van der Waals surface area contributed by atoms with Gasteiger partial charge >= 0.3 is 0 Å². The molecule has 2 rings (SSSR count). The number of hydrogen-bond donors (Lipinski definition) is 2. The van der Waals surface area contributed by atoms with Gasteiger partial charge in [0.15, 0.2) is 0 Å². The lowest BCUT2D eigenvalue weighted by Crippen LogP contribution is -2.37. The molecule has 5 heteroatoms. The number of imide groups is 1. The quantitative estimate of drug-likeness (QED) is 0.710. The number of aromatic nitrogens is 1. The first-order valence-corrected chi connectivity index (χ1v) is 5.17. The summed E-state index contributed by atoms with van der Waals surface area (Å²) in [5.41, 5.74) is 0.856. The molecule has 2 amide bonds. The Labute approximate surface area is 93.3 Å². The van der Waals surface area contributed by atoms with Crippen LogP contribution >= 0.6 is 0 Å². The maximum atomic E-state index is 11.3. The molecule has 1 aromatic rings. The molecule has 0 aliphatic carbocycles. The summed E-state index contributed by atoms with van der Waals surface area (Å²) in [4.78, 5) is 26.5. The molecule has 1 saturated heterocycles. The first-order valence-electron chi connectivity index (χ1n) is 5.17. The largest absolute Gasteiger partial charge is 0.297 e. The molecule has 5 nitrogen and oxygen atoms in total. The standard InChI is InChI=1S/C11H13N3O2/c1-7(8-4-2-3-5-12-8)13-9-6-10(15)14-11(9)16/h2-5,7,9,13H,6H2,1H3,(H,14,15,16). The third-order valence-corrected chi connectivity index (χ3v) is 2.55. The highest BCUT2D eigenvalue weighted by Gasteiger charge is 2.31. The average molecular weight is 219 g/mol. The first-order chi connectivity index (χ1) is 7.66. The first kappa shape index (κ1) is 10.8. The molecule has 0 spiro atoms. The molecule has 16 heavy (non-hydrogen) atoms. The summed E-state index contributed by atoms with van der Waals surface area (Å²) in [5, 5.41) is 5.34. The van der Waals surface area contributed by atoms with E-state index in [4.69, 9.17) is 0 Å². The molecule has 1 aromatic heterocycles. The molecule has 2 N–H and O–H groups in total. The summed E-state index contributed by atoms with van der Waals surface area (Å²) in [7, 11) is 0. The Balaban J connectivity index is 2.00. The van der Waals surface area contributed by atoms with Crippen LogP contribution in [0.15, 0.2) is 24.4 Å². The second kappa shape index (κ2) is 4.40. The van der Waals surface area contributed by atoms with E-state index in [9.17, 15) is 9.59 Å². The van der Waals surface area contributed by atoms with Gasteiger partial charge in [0.25, 0.3) is 0 Å². The van der Waals surface area contributed by atoms with Crippen LogP contribution in [0.2, 0.25) is 0 Å². The molecule has 84 valence electrons. The third kappa shape index (κ3) is 2.25. The van der Waals surface area contributed by atoms with Crippen LogP contribution in [0.1, 0.15) is 25.1 Å². The van der Waals surface area contributed by atoms with Crippen LogP contribution in [0.4, 0.5) is 0 Å². The van der Waals surface area contributed by atoms with Crippen LogP contribution in [0.3, 0.4) is 0 Å². The lowest BCUT2D eigenvalue weighted by Gasteiger charge is -2.16. The van der Waals surface area contributed by atoms with E-state index >= 15 is 0 Å². The van der Waals surface area contributed by atoms with Crippen LogP contribution in [-0.4, -0.2) is 22.8 Å². The summed E-state index contributed by atoms with van der Waals surface area (Å²) in [6, 6.07) is 5.11. The van der Waals surface area contributed by atoms with Crippen LogP contribution < -0.4 is 10.6 Å². The van der Waals surface area contributed by atoms with E-state index in [-0.39, 0.29) is 24.3 Å². The molecule has 1 fully saturated rings. The van der Waals surface area contributed by atoms with Gasteiger partial charge in [0.1, 0.15) is 0 Å². The maximum absolute atomic E-state index is 11.3. The predicted octanol–water partition coefficient (Wildman–Crippen LogP) is 0.147. The third-order valence-electron chi connectivity index (χ3n) is 2.55. The van der Waals surface area contributed by atoms with Crippen LogP contribution in [-0.2, 0) is 9.59 Å². The number of amides is 2. The highest BCUT2D eigenvalue weighted by Crippen LogP contribution is 2.12. The highest BCUT2D eigenvalue weighted by molar-refractivity contribution is 6.05. The van der Waals surface area contributed by atoms with Crippen molar-refractivity contribution >= 4 is 11.8 Å². The van der Waals surface area contributed by atoms with Gasteiger partial charge in [0.2, 0.25) is 11.8 Å². The molecule has 2 atom stereocenters. The molecule has 0 saturated carbocycles. The van der Waals surface area contributed by atoms with Crippen molar-refractivity contribution in [1.29, 1.82) is 0 Å². The normalized spacial score (nSPS) is 21.9. The molecule has 0 radical (unpaired) electrons. The van der Waals surface area contributed by atoms with E-state index in [2.05, 4.69) is 15.6 Å². The summed E-state index contributed by atoms with van der Waals surface area (Å²) in [6.45, 7) is 1.92. The zero-order chi connectivity index (χ0) is 11.5. The van der Waals surface area contributed by atoms with Crippen LogP contribution in [0.25, 0.3) is 0 Å². The Morgan fingerprint density at radius 2 is 2.31 bits per heavy atom. The highest BCUT2D eigenvalue weighted by atomic mass is 16.2. The monoisotopic (exact) mass is 219 g/mol. The van der Waals surface area contributed by atoms with Gasteiger partial charge in [-0.15, -0.1) is 0 Å². The smallest absolute Gasteiger partial charge is 0.244 e. The fourth-order valence-corrected chi connectivity index (χ4v) is 1.71. The van der Waals surface area contributed by atoms with E-state index in [0.717, 1.165) is 5.69 Å². The fourth-order valence-electron chi connectivity index (χ4n) is 1.71. The van der Waals surface area contributed by atoms with Crippen molar-refractivity contribution in [3.8, 4) is 0 Å². The van der Waals surface area contributed by atoms with E-state index in [1.165, 1.54) is 0 Å². The summed E-state index contributed by atoms with van der Waals surface area (Å²) in [5.74, 6) is -0.483. The van der Waals surface area contributed by atoms with Gasteiger partial charge in [-0.3, -0.25) is 25.2 Å². The van der Waals surface area contributed by atoms with E-state index in [0.29, 0.717) is 0 Å². The zero-order valence-corrected chi connectivity index (χ0v) is 8.93. The summed E-state index contributed by atoms with van der Waals surface area (Å²) < 4.78 is 0. The lowest BCUT2D eigenvalue weighted by molar-refractivity contribution is -0.125. The topological polar surface area (TPSA) is 71.1 Å². The second-order valence-corrected chi connectivity index (χ2v) is 3.81. The Bertz CT molecular complexity index is 405. The van der Waals surface area contributed by atoms with Gasteiger partial charge in [0.05, 0.1) is 18.2 Å². The van der Waals surface area contributed by atoms with E-state index in [1.54, 1.807) is 6.20 Å². The van der Waals surface area contributed by atoms with Gasteiger partial charge < -0.3 is 0 Å². The molecule has 1 aliphatic heterocycles. The Morgan fingerprint density at radius 3 is 2.88 bits per heavy atom. The van der Waals surface area contributed by atoms with Crippen molar-refractivity contribution in [1.82, 2.24) is 15.6 Å². The number of nitrogens with zero attached hydrogens (tertiary/aromatic N) is 1. The molecule has 2 unspecified atom stereocenters. The maximum Gasteiger partial charge on any atom is 0.244 e. The number of hydrogen-bond acceptors (Lipinski definition) is 4. The van der Waals surface area contributed by atoms with Crippen molar-refractivity contribution in [2.24, 2.45) is 0 Å². The molecule has 0 bridgehead atoms. The Hall–Kier alpha value is -1.75. The summed E-state index contributed by atoms with van der Waals surface area (Å²) in [6.07, 6.45) is 1.91. The predicted molar refractivity (Wildman–Crippen MR) is 57.3 cm³/mol. The van der Waals surface area contributed by atoms with Gasteiger partial charge in [-0.2, -0.15) is 0 Å². The number of rotatable bonds is 3. The van der Waals surface area contributed by atoms with Gasteiger partial charge in [-0.1, -0.05) is 6.07 Å². The minimum atomic E-state index is -0.440. The van der Waals surface area contributed by atoms with Crippen molar-refractivity contribution in [2.45, 2.75) is 25.4 Å². The Kier molecular flexibility index (Phi) is 2.96. The fraction of sp³-hybridized carbons (Fsp3) is 0.364. The zero-order valence-electron chi connectivity index (χ0n) is 8.93. The minimum absolute atomic E-state index is 0.0529. The van der Waals surface area contributed by atoms with E-state index < -0.39 is 6.04 Å². The van der Waals surface area contributed by atoms with E-state index in [1.807, 2.05) is 25.1 Å². The van der Waals surface area contributed by atoms with Crippen molar-refractivity contribution < 1.29 is 9.59 Å². The van der Waals surface area contributed by atoms with Gasteiger partial charge in [0, 0.05) is 12.2 Å². The van der Waals surface area contributed by atoms with Crippen molar-refractivity contribution in [3.63, 3.8) is 0 Å². The second-order valence-electron chi connectivity index (χ2n) is 3.81. The van der Waals surface area contributed by atoms with Crippen LogP contribution in [0.5, 0.6) is 0 Å². The summed E-state index contributed by atoms with van der Waals surface area (Å²) >= 11 is 0. The molecule has 0 aromatic carbocycles. The molecular formula is C11H13N3O2. The molecular weight excluding hydrogens is 206 g/mol. The molecule has 1 aliphatic rings. The SMILES string of the molecule is CC(NC1CC(=O)NC1=O)c1ccccn1. The molecule has 2 heterocycles. The Morgan fingerprint density at radius 1 is 1.50 bits per heavy atom. The number of pyridine rings is 1. The lowest BCUT2D eigenvalue weighted by atomic mass is 10.1. The number of carbonyl (C=O) groups is 2. The average Bonchev–Trinajstić information content (AvgIpc) is 2.59.